The van der Waals surface area contributed by atoms with Crippen LogP contribution in [0.15, 0.2) is 36.5 Å². The Morgan fingerprint density at radius 1 is 1.21 bits per heavy atom. The van der Waals surface area contributed by atoms with Crippen molar-refractivity contribution in [2.45, 2.75) is 19.1 Å². The number of ether oxygens (including phenoxy) is 1. The number of hydrogen-bond donors (Lipinski definition) is 3. The Labute approximate surface area is 169 Å². The molecule has 11 heteroatoms. The Morgan fingerprint density at radius 3 is 2.66 bits per heavy atom. The molecule has 0 spiro atoms. The molecular formula is C18H18ClF2N5O3. The van der Waals surface area contributed by atoms with Crippen molar-refractivity contribution in [3.05, 3.63) is 52.8 Å². The first-order chi connectivity index (χ1) is 13.9. The number of halogens is 3. The fraction of sp³-hybridized carbons (Fsp3) is 0.278. The van der Waals surface area contributed by atoms with Gasteiger partial charge in [0.25, 0.3) is 0 Å². The van der Waals surface area contributed by atoms with Gasteiger partial charge in [0, 0.05) is 24.2 Å². The minimum Gasteiger partial charge on any atom is -0.491 e. The molecule has 0 aliphatic carbocycles. The molecule has 2 aromatic heterocycles. The van der Waals surface area contributed by atoms with Gasteiger partial charge >= 0.3 is 6.55 Å². The zero-order valence-corrected chi connectivity index (χ0v) is 15.8. The first kappa shape index (κ1) is 20.9. The number of alkyl halides is 2. The number of hydrogen-bond acceptors (Lipinski definition) is 7. The Morgan fingerprint density at radius 2 is 1.97 bits per heavy atom. The van der Waals surface area contributed by atoms with Crippen molar-refractivity contribution in [3.63, 3.8) is 0 Å². The third-order valence-electron chi connectivity index (χ3n) is 3.96. The second-order valence-corrected chi connectivity index (χ2v) is 6.51. The molecule has 2 heterocycles. The molecule has 4 N–H and O–H groups in total. The van der Waals surface area contributed by atoms with E-state index in [0.29, 0.717) is 21.6 Å². The molecule has 0 saturated carbocycles. The van der Waals surface area contributed by atoms with E-state index in [-0.39, 0.29) is 35.5 Å². The fourth-order valence-corrected chi connectivity index (χ4v) is 2.86. The summed E-state index contributed by atoms with van der Waals surface area (Å²) in [5.74, 6) is 0.336. The Bertz CT molecular complexity index is 966. The van der Waals surface area contributed by atoms with Crippen molar-refractivity contribution in [1.29, 1.82) is 0 Å². The van der Waals surface area contributed by atoms with Gasteiger partial charge in [0.2, 0.25) is 5.95 Å². The van der Waals surface area contributed by atoms with Crippen LogP contribution in [0.2, 0.25) is 5.15 Å². The molecule has 0 amide bonds. The van der Waals surface area contributed by atoms with E-state index < -0.39 is 19.3 Å². The van der Waals surface area contributed by atoms with E-state index in [1.54, 1.807) is 24.3 Å². The largest absolute Gasteiger partial charge is 0.491 e. The molecule has 1 unspecified atom stereocenters. The molecule has 1 atom stereocenters. The molecule has 3 rings (SSSR count). The number of aliphatic hydroxyl groups excluding tert-OH is 2. The highest BCUT2D eigenvalue weighted by Gasteiger charge is 2.19. The van der Waals surface area contributed by atoms with Gasteiger partial charge in [0.15, 0.2) is 0 Å². The van der Waals surface area contributed by atoms with Crippen LogP contribution in [0.4, 0.5) is 14.7 Å². The maximum atomic E-state index is 13.2. The van der Waals surface area contributed by atoms with Crippen LogP contribution in [0.1, 0.15) is 17.7 Å². The highest BCUT2D eigenvalue weighted by Crippen LogP contribution is 2.29. The molecule has 29 heavy (non-hydrogen) atoms. The third kappa shape index (κ3) is 5.17. The van der Waals surface area contributed by atoms with Crippen molar-refractivity contribution in [2.75, 3.05) is 18.9 Å². The molecular weight excluding hydrogens is 408 g/mol. The van der Waals surface area contributed by atoms with Gasteiger partial charge in [0.05, 0.1) is 12.3 Å². The highest BCUT2D eigenvalue weighted by atomic mass is 35.5. The van der Waals surface area contributed by atoms with E-state index in [1.165, 1.54) is 12.3 Å². The summed E-state index contributed by atoms with van der Waals surface area (Å²) < 4.78 is 32.6. The Kier molecular flexibility index (Phi) is 6.57. The van der Waals surface area contributed by atoms with Gasteiger partial charge in [0.1, 0.15) is 29.3 Å². The normalized spacial score (nSPS) is 12.3. The molecule has 154 valence electrons. The molecule has 0 aliphatic heterocycles. The topological polar surface area (TPSA) is 119 Å². The van der Waals surface area contributed by atoms with E-state index in [9.17, 15) is 13.9 Å². The number of nitrogens with two attached hydrogens (primary N) is 1. The van der Waals surface area contributed by atoms with Crippen LogP contribution >= 0.6 is 11.6 Å². The minimum atomic E-state index is -2.84. The van der Waals surface area contributed by atoms with Crippen molar-refractivity contribution in [3.8, 4) is 17.1 Å². The Balaban J connectivity index is 1.97. The lowest BCUT2D eigenvalue weighted by atomic mass is 10.0. The maximum Gasteiger partial charge on any atom is 0.333 e. The predicted molar refractivity (Wildman–Crippen MR) is 102 cm³/mol. The fourth-order valence-electron chi connectivity index (χ4n) is 2.67. The lowest BCUT2D eigenvalue weighted by molar-refractivity contribution is 0.0533. The quantitative estimate of drug-likeness (QED) is 0.474. The van der Waals surface area contributed by atoms with Gasteiger partial charge in [-0.25, -0.2) is 14.6 Å². The smallest absolute Gasteiger partial charge is 0.333 e. The summed E-state index contributed by atoms with van der Waals surface area (Å²) in [6, 6.07) is 8.32. The SMILES string of the molecule is Nc1nc(Cl)cc(-c2nn(C(F)F)cc2Cc2ccccc2OCC(O)CO)n1. The minimum absolute atomic E-state index is 0.0618. The third-order valence-corrected chi connectivity index (χ3v) is 4.15. The summed E-state index contributed by atoms with van der Waals surface area (Å²) in [5.41, 5.74) is 7.13. The van der Waals surface area contributed by atoms with E-state index >= 15 is 0 Å². The molecule has 1 aromatic carbocycles. The molecule has 0 bridgehead atoms. The van der Waals surface area contributed by atoms with Crippen LogP contribution in [-0.4, -0.2) is 49.3 Å². The molecule has 0 saturated heterocycles. The van der Waals surface area contributed by atoms with Crippen LogP contribution in [0.3, 0.4) is 0 Å². The predicted octanol–water partition coefficient (Wildman–Crippen LogP) is 2.29. The van der Waals surface area contributed by atoms with E-state index in [0.717, 1.165) is 0 Å². The van der Waals surface area contributed by atoms with E-state index in [1.807, 2.05) is 0 Å². The molecule has 0 aliphatic rings. The summed E-state index contributed by atoms with van der Waals surface area (Å²) in [4.78, 5) is 7.81. The van der Waals surface area contributed by atoms with Crippen molar-refractivity contribution in [2.24, 2.45) is 0 Å². The molecule has 8 nitrogen and oxygen atoms in total. The number of nitrogen functional groups attached to an aromatic ring is 1. The van der Waals surface area contributed by atoms with Gasteiger partial charge in [-0.3, -0.25) is 0 Å². The van der Waals surface area contributed by atoms with Crippen LogP contribution in [0.25, 0.3) is 11.4 Å². The second kappa shape index (κ2) is 9.12. The highest BCUT2D eigenvalue weighted by molar-refractivity contribution is 6.29. The van der Waals surface area contributed by atoms with Gasteiger partial charge in [-0.1, -0.05) is 29.8 Å². The number of aliphatic hydroxyl groups is 2. The van der Waals surface area contributed by atoms with Crippen LogP contribution in [-0.2, 0) is 6.42 Å². The zero-order chi connectivity index (χ0) is 21.0. The van der Waals surface area contributed by atoms with Crippen LogP contribution in [0, 0.1) is 0 Å². The summed E-state index contributed by atoms with van der Waals surface area (Å²) >= 11 is 5.91. The monoisotopic (exact) mass is 425 g/mol. The van der Waals surface area contributed by atoms with E-state index in [2.05, 4.69) is 15.1 Å². The van der Waals surface area contributed by atoms with Gasteiger partial charge in [-0.05, 0) is 11.6 Å². The first-order valence-electron chi connectivity index (χ1n) is 8.53. The molecule has 0 fully saturated rings. The average Bonchev–Trinajstić information content (AvgIpc) is 3.10. The second-order valence-electron chi connectivity index (χ2n) is 6.13. The zero-order valence-electron chi connectivity index (χ0n) is 15.0. The van der Waals surface area contributed by atoms with Crippen LogP contribution in [0.5, 0.6) is 5.75 Å². The van der Waals surface area contributed by atoms with Gasteiger partial charge in [-0.15, -0.1) is 0 Å². The van der Waals surface area contributed by atoms with Crippen molar-refractivity contribution >= 4 is 17.5 Å². The Hall–Kier alpha value is -2.82. The van der Waals surface area contributed by atoms with Gasteiger partial charge in [-0.2, -0.15) is 13.9 Å². The number of rotatable bonds is 8. The number of aromatic nitrogens is 4. The summed E-state index contributed by atoms with van der Waals surface area (Å²) in [6.45, 7) is -3.40. The number of nitrogens with zero attached hydrogens (tertiary/aromatic N) is 4. The van der Waals surface area contributed by atoms with Crippen LogP contribution < -0.4 is 10.5 Å². The molecule has 0 radical (unpaired) electrons. The number of para-hydroxylation sites is 1. The summed E-state index contributed by atoms with van der Waals surface area (Å²) in [6.07, 6.45) is 0.368. The lowest BCUT2D eigenvalue weighted by Crippen LogP contribution is -2.21. The molecule has 3 aromatic rings. The lowest BCUT2D eigenvalue weighted by Gasteiger charge is -2.13. The first-order valence-corrected chi connectivity index (χ1v) is 8.91. The van der Waals surface area contributed by atoms with Crippen molar-refractivity contribution in [1.82, 2.24) is 19.7 Å². The van der Waals surface area contributed by atoms with Crippen molar-refractivity contribution < 1.29 is 23.7 Å². The average molecular weight is 426 g/mol. The summed E-state index contributed by atoms with van der Waals surface area (Å²) in [5, 5.41) is 22.4. The number of benzene rings is 1. The standard InChI is InChI=1S/C18H18ClF2N5O3/c19-15-6-13(23-18(22)24-15)16-11(7-26(25-16)17(20)21)5-10-3-1-2-4-14(10)29-9-12(28)8-27/h1-4,6-7,12,17,27-28H,5,8-9H2,(H2,22,23,24). The maximum absolute atomic E-state index is 13.2. The van der Waals surface area contributed by atoms with Gasteiger partial charge < -0.3 is 20.7 Å². The van der Waals surface area contributed by atoms with E-state index in [4.69, 9.17) is 27.2 Å². The summed E-state index contributed by atoms with van der Waals surface area (Å²) in [7, 11) is 0. The number of anilines is 1.